The van der Waals surface area contributed by atoms with Crippen LogP contribution in [0.5, 0.6) is 0 Å². The summed E-state index contributed by atoms with van der Waals surface area (Å²) in [6.07, 6.45) is 1.19. The lowest BCUT2D eigenvalue weighted by Gasteiger charge is -2.05. The molecule has 1 rings (SSSR count). The molecule has 0 aliphatic carbocycles. The van der Waals surface area contributed by atoms with Gasteiger partial charge in [-0.05, 0) is 54.1 Å². The maximum atomic E-state index is 13.1. The lowest BCUT2D eigenvalue weighted by atomic mass is 10.2. The highest BCUT2D eigenvalue weighted by Gasteiger charge is 2.04. The molecule has 0 unspecified atom stereocenters. The Morgan fingerprint density at radius 2 is 2.25 bits per heavy atom. The summed E-state index contributed by atoms with van der Waals surface area (Å²) in [7, 11) is 1.84. The third-order valence-electron chi connectivity index (χ3n) is 2.03. The van der Waals surface area contributed by atoms with Gasteiger partial charge in [-0.2, -0.15) is 0 Å². The fourth-order valence-corrected chi connectivity index (χ4v) is 1.47. The Bertz CT molecular complexity index is 371. The molecule has 0 radical (unpaired) electrons. The predicted molar refractivity (Wildman–Crippen MR) is 65.9 cm³/mol. The molecule has 0 spiro atoms. The molecule has 0 bridgehead atoms. The van der Waals surface area contributed by atoms with Gasteiger partial charge in [-0.1, -0.05) is 0 Å². The van der Waals surface area contributed by atoms with Gasteiger partial charge in [0.2, 0.25) is 5.91 Å². The van der Waals surface area contributed by atoms with Crippen molar-refractivity contribution in [2.45, 2.75) is 12.8 Å². The largest absolute Gasteiger partial charge is 0.326 e. The zero-order valence-electron chi connectivity index (χ0n) is 9.02. The number of carbonyl (C=O) groups is 1. The van der Waals surface area contributed by atoms with E-state index in [0.717, 1.165) is 13.0 Å². The Balaban J connectivity index is 2.46. The number of carbonyl (C=O) groups excluding carboxylic acids is 1. The average molecular weight is 289 g/mol. The van der Waals surface area contributed by atoms with Crippen molar-refractivity contribution in [1.29, 1.82) is 0 Å². The lowest BCUT2D eigenvalue weighted by molar-refractivity contribution is -0.116. The average Bonchev–Trinajstić information content (AvgIpc) is 2.24. The number of nitrogens with one attached hydrogen (secondary N) is 2. The van der Waals surface area contributed by atoms with Crippen LogP contribution in [0.25, 0.3) is 0 Å². The number of hydrogen-bond donors (Lipinski definition) is 2. The van der Waals surface area contributed by atoms with Crippen LogP contribution in [0.1, 0.15) is 12.8 Å². The van der Waals surface area contributed by atoms with E-state index >= 15 is 0 Å². The van der Waals surface area contributed by atoms with Crippen LogP contribution in [0.3, 0.4) is 0 Å². The van der Waals surface area contributed by atoms with Crippen molar-refractivity contribution < 1.29 is 9.18 Å². The second-order valence-corrected chi connectivity index (χ2v) is 4.24. The highest BCUT2D eigenvalue weighted by molar-refractivity contribution is 9.10. The molecule has 0 aliphatic heterocycles. The van der Waals surface area contributed by atoms with Gasteiger partial charge < -0.3 is 10.6 Å². The van der Waals surface area contributed by atoms with E-state index in [-0.39, 0.29) is 11.7 Å². The van der Waals surface area contributed by atoms with Gasteiger partial charge in [-0.25, -0.2) is 4.39 Å². The van der Waals surface area contributed by atoms with Gasteiger partial charge >= 0.3 is 0 Å². The first-order valence-corrected chi connectivity index (χ1v) is 5.82. The van der Waals surface area contributed by atoms with Crippen molar-refractivity contribution in [3.8, 4) is 0 Å². The lowest BCUT2D eigenvalue weighted by Crippen LogP contribution is -2.15. The summed E-state index contributed by atoms with van der Waals surface area (Å²) in [4.78, 5) is 11.4. The van der Waals surface area contributed by atoms with E-state index in [2.05, 4.69) is 26.6 Å². The van der Waals surface area contributed by atoms with E-state index in [4.69, 9.17) is 0 Å². The SMILES string of the molecule is CNCCCC(=O)Nc1ccc(Br)c(F)c1. The van der Waals surface area contributed by atoms with E-state index in [9.17, 15) is 9.18 Å². The maximum Gasteiger partial charge on any atom is 0.224 e. The topological polar surface area (TPSA) is 41.1 Å². The van der Waals surface area contributed by atoms with E-state index in [1.807, 2.05) is 7.05 Å². The molecule has 0 saturated heterocycles. The van der Waals surface area contributed by atoms with E-state index < -0.39 is 0 Å². The third kappa shape index (κ3) is 4.28. The Kier molecular flexibility index (Phi) is 5.42. The molecule has 0 saturated carbocycles. The van der Waals surface area contributed by atoms with Crippen LogP contribution in [0.2, 0.25) is 0 Å². The van der Waals surface area contributed by atoms with Crippen molar-refractivity contribution in [3.63, 3.8) is 0 Å². The highest BCUT2D eigenvalue weighted by Crippen LogP contribution is 2.19. The molecule has 0 aliphatic rings. The molecule has 88 valence electrons. The minimum absolute atomic E-state index is 0.100. The van der Waals surface area contributed by atoms with Gasteiger partial charge in [-0.3, -0.25) is 4.79 Å². The van der Waals surface area contributed by atoms with E-state index in [1.54, 1.807) is 12.1 Å². The van der Waals surface area contributed by atoms with E-state index in [1.165, 1.54) is 6.07 Å². The van der Waals surface area contributed by atoms with Crippen LogP contribution in [0, 0.1) is 5.82 Å². The van der Waals surface area contributed by atoms with Gasteiger partial charge in [0.25, 0.3) is 0 Å². The summed E-state index contributed by atoms with van der Waals surface area (Å²) < 4.78 is 13.5. The molecular formula is C11H14BrFN2O. The Morgan fingerprint density at radius 3 is 2.88 bits per heavy atom. The standard InChI is InChI=1S/C11H14BrFN2O/c1-14-6-2-3-11(16)15-8-4-5-9(12)10(13)7-8/h4-5,7,14H,2-3,6H2,1H3,(H,15,16). The minimum atomic E-state index is -0.381. The normalized spacial score (nSPS) is 10.2. The minimum Gasteiger partial charge on any atom is -0.326 e. The summed E-state index contributed by atoms with van der Waals surface area (Å²) in [6.45, 7) is 0.794. The van der Waals surface area contributed by atoms with Gasteiger partial charge in [0.15, 0.2) is 0 Å². The predicted octanol–water partition coefficient (Wildman–Crippen LogP) is 2.53. The molecule has 3 nitrogen and oxygen atoms in total. The van der Waals surface area contributed by atoms with Crippen LogP contribution >= 0.6 is 15.9 Å². The van der Waals surface area contributed by atoms with E-state index in [0.29, 0.717) is 16.6 Å². The second kappa shape index (κ2) is 6.60. The highest BCUT2D eigenvalue weighted by atomic mass is 79.9. The first-order valence-electron chi connectivity index (χ1n) is 5.03. The molecule has 0 atom stereocenters. The molecule has 1 aromatic carbocycles. The molecule has 0 aromatic heterocycles. The summed E-state index contributed by atoms with van der Waals surface area (Å²) in [5.74, 6) is -0.481. The third-order valence-corrected chi connectivity index (χ3v) is 2.68. The fourth-order valence-electron chi connectivity index (χ4n) is 1.22. The molecule has 16 heavy (non-hydrogen) atoms. The first-order chi connectivity index (χ1) is 7.63. The van der Waals surface area contributed by atoms with Crippen molar-refractivity contribution in [2.24, 2.45) is 0 Å². The number of halogens is 2. The van der Waals surface area contributed by atoms with Crippen LogP contribution in [0.4, 0.5) is 10.1 Å². The van der Waals surface area contributed by atoms with Crippen LogP contribution in [-0.2, 0) is 4.79 Å². The van der Waals surface area contributed by atoms with Gasteiger partial charge in [0.1, 0.15) is 5.82 Å². The second-order valence-electron chi connectivity index (χ2n) is 3.38. The monoisotopic (exact) mass is 288 g/mol. The first kappa shape index (κ1) is 13.1. The molecule has 0 heterocycles. The fraction of sp³-hybridized carbons (Fsp3) is 0.364. The number of anilines is 1. The van der Waals surface area contributed by atoms with Crippen molar-refractivity contribution in [3.05, 3.63) is 28.5 Å². The number of rotatable bonds is 5. The van der Waals surface area contributed by atoms with Crippen molar-refractivity contribution >= 4 is 27.5 Å². The van der Waals surface area contributed by atoms with Crippen molar-refractivity contribution in [1.82, 2.24) is 5.32 Å². The van der Waals surface area contributed by atoms with Gasteiger partial charge in [0, 0.05) is 12.1 Å². The Labute approximate surface area is 103 Å². The van der Waals surface area contributed by atoms with Gasteiger partial charge in [0.05, 0.1) is 4.47 Å². The van der Waals surface area contributed by atoms with Crippen LogP contribution < -0.4 is 10.6 Å². The molecule has 2 N–H and O–H groups in total. The smallest absolute Gasteiger partial charge is 0.224 e. The molecule has 1 aromatic rings. The summed E-state index contributed by atoms with van der Waals surface area (Å²) in [6, 6.07) is 4.52. The summed E-state index contributed by atoms with van der Waals surface area (Å²) in [5, 5.41) is 5.60. The zero-order valence-corrected chi connectivity index (χ0v) is 10.6. The molecule has 0 fully saturated rings. The number of benzene rings is 1. The Morgan fingerprint density at radius 1 is 1.50 bits per heavy atom. The maximum absolute atomic E-state index is 13.1. The molecular weight excluding hydrogens is 275 g/mol. The number of hydrogen-bond acceptors (Lipinski definition) is 2. The summed E-state index contributed by atoms with van der Waals surface area (Å²) >= 11 is 3.05. The van der Waals surface area contributed by atoms with Crippen LogP contribution in [-0.4, -0.2) is 19.5 Å². The zero-order chi connectivity index (χ0) is 12.0. The molecule has 1 amide bonds. The van der Waals surface area contributed by atoms with Crippen LogP contribution in [0.15, 0.2) is 22.7 Å². The van der Waals surface area contributed by atoms with Crippen molar-refractivity contribution in [2.75, 3.05) is 18.9 Å². The van der Waals surface area contributed by atoms with Gasteiger partial charge in [-0.15, -0.1) is 0 Å². The number of amides is 1. The Hall–Kier alpha value is -0.940. The summed E-state index contributed by atoms with van der Waals surface area (Å²) in [5.41, 5.74) is 0.482. The quantitative estimate of drug-likeness (QED) is 0.818. The molecule has 5 heteroatoms.